The van der Waals surface area contributed by atoms with Crippen LogP contribution < -0.4 is 0 Å². The summed E-state index contributed by atoms with van der Waals surface area (Å²) in [6, 6.07) is 0.787. The average Bonchev–Trinajstić information content (AvgIpc) is 2.05. The van der Waals surface area contributed by atoms with Crippen molar-refractivity contribution in [1.82, 2.24) is 4.90 Å². The van der Waals surface area contributed by atoms with Crippen molar-refractivity contribution in [2.75, 3.05) is 13.1 Å². The van der Waals surface area contributed by atoms with Crippen LogP contribution in [0.15, 0.2) is 0 Å². The van der Waals surface area contributed by atoms with Gasteiger partial charge < -0.3 is 4.90 Å². The molecule has 1 heteroatoms. The molecule has 0 aromatic carbocycles. The second-order valence-corrected chi connectivity index (χ2v) is 4.08. The summed E-state index contributed by atoms with van der Waals surface area (Å²) in [7, 11) is 0. The molecule has 1 heterocycles. The lowest BCUT2D eigenvalue weighted by atomic mass is 10.0. The van der Waals surface area contributed by atoms with Crippen LogP contribution in [0.5, 0.6) is 0 Å². The van der Waals surface area contributed by atoms with E-state index < -0.39 is 0 Å². The lowest BCUT2D eigenvalue weighted by Crippen LogP contribution is -2.40. The molecule has 1 rings (SSSR count). The highest BCUT2D eigenvalue weighted by atomic mass is 15.2. The van der Waals surface area contributed by atoms with Gasteiger partial charge in [0, 0.05) is 6.04 Å². The van der Waals surface area contributed by atoms with E-state index >= 15 is 0 Å². The van der Waals surface area contributed by atoms with E-state index in [2.05, 4.69) is 25.7 Å². The van der Waals surface area contributed by atoms with Gasteiger partial charge in [0.25, 0.3) is 0 Å². The van der Waals surface area contributed by atoms with Crippen LogP contribution in [0.2, 0.25) is 0 Å². The third-order valence-corrected chi connectivity index (χ3v) is 2.93. The van der Waals surface area contributed by atoms with Crippen LogP contribution in [0.3, 0.4) is 0 Å². The SMILES string of the molecule is CC(C)[C@H](C)N1CCCCC1. The monoisotopic (exact) mass is 155 g/mol. The smallest absolute Gasteiger partial charge is 0.00899 e. The first-order chi connectivity index (χ1) is 5.22. The first-order valence-corrected chi connectivity index (χ1v) is 4.96. The summed E-state index contributed by atoms with van der Waals surface area (Å²) >= 11 is 0. The Bertz CT molecular complexity index is 103. The molecule has 0 saturated carbocycles. The molecule has 0 aliphatic carbocycles. The van der Waals surface area contributed by atoms with Gasteiger partial charge in [0.1, 0.15) is 0 Å². The second kappa shape index (κ2) is 4.10. The Hall–Kier alpha value is -0.0400. The summed E-state index contributed by atoms with van der Waals surface area (Å²) in [5.74, 6) is 0.813. The molecule has 0 radical (unpaired) electrons. The summed E-state index contributed by atoms with van der Waals surface area (Å²) in [4.78, 5) is 2.63. The van der Waals surface area contributed by atoms with Crippen LogP contribution >= 0.6 is 0 Å². The third-order valence-electron chi connectivity index (χ3n) is 2.93. The van der Waals surface area contributed by atoms with E-state index in [1.807, 2.05) is 0 Å². The maximum Gasteiger partial charge on any atom is 0.00899 e. The summed E-state index contributed by atoms with van der Waals surface area (Å²) in [6.07, 6.45) is 4.27. The molecule has 0 bridgehead atoms. The van der Waals surface area contributed by atoms with Crippen LogP contribution in [-0.4, -0.2) is 24.0 Å². The third kappa shape index (κ3) is 2.48. The van der Waals surface area contributed by atoms with Gasteiger partial charge in [-0.3, -0.25) is 0 Å². The fraction of sp³-hybridized carbons (Fsp3) is 1.00. The molecule has 1 saturated heterocycles. The van der Waals surface area contributed by atoms with Crippen LogP contribution in [0.1, 0.15) is 40.0 Å². The van der Waals surface area contributed by atoms with Crippen LogP contribution in [-0.2, 0) is 0 Å². The lowest BCUT2D eigenvalue weighted by Gasteiger charge is -2.34. The summed E-state index contributed by atoms with van der Waals surface area (Å²) < 4.78 is 0. The van der Waals surface area contributed by atoms with E-state index in [0.717, 1.165) is 12.0 Å². The molecular formula is C10H21N. The molecule has 0 N–H and O–H groups in total. The number of hydrogen-bond donors (Lipinski definition) is 0. The molecule has 0 amide bonds. The van der Waals surface area contributed by atoms with Crippen molar-refractivity contribution < 1.29 is 0 Å². The van der Waals surface area contributed by atoms with Gasteiger partial charge in [-0.25, -0.2) is 0 Å². The van der Waals surface area contributed by atoms with Crippen LogP contribution in [0, 0.1) is 5.92 Å². The zero-order valence-electron chi connectivity index (χ0n) is 8.14. The second-order valence-electron chi connectivity index (χ2n) is 4.08. The molecule has 1 nitrogen and oxygen atoms in total. The van der Waals surface area contributed by atoms with Gasteiger partial charge >= 0.3 is 0 Å². The fourth-order valence-electron chi connectivity index (χ4n) is 1.75. The Balaban J connectivity index is 2.32. The van der Waals surface area contributed by atoms with E-state index in [1.165, 1.54) is 32.4 Å². The van der Waals surface area contributed by atoms with E-state index in [0.29, 0.717) is 0 Å². The van der Waals surface area contributed by atoms with Crippen molar-refractivity contribution in [3.63, 3.8) is 0 Å². The highest BCUT2D eigenvalue weighted by molar-refractivity contribution is 4.73. The van der Waals surface area contributed by atoms with Crippen LogP contribution in [0.4, 0.5) is 0 Å². The first kappa shape index (κ1) is 9.05. The highest BCUT2D eigenvalue weighted by Crippen LogP contribution is 2.16. The Labute approximate surface area is 70.8 Å². The summed E-state index contributed by atoms with van der Waals surface area (Å²) in [6.45, 7) is 9.66. The minimum Gasteiger partial charge on any atom is -0.300 e. The van der Waals surface area contributed by atoms with Crippen LogP contribution in [0.25, 0.3) is 0 Å². The number of likely N-dealkylation sites (tertiary alicyclic amines) is 1. The number of piperidine rings is 1. The van der Waals surface area contributed by atoms with Crippen molar-refractivity contribution in [1.29, 1.82) is 0 Å². The first-order valence-electron chi connectivity index (χ1n) is 4.96. The van der Waals surface area contributed by atoms with Crippen molar-refractivity contribution >= 4 is 0 Å². The van der Waals surface area contributed by atoms with E-state index in [4.69, 9.17) is 0 Å². The normalized spacial score (nSPS) is 24.0. The molecule has 66 valence electrons. The predicted molar refractivity (Wildman–Crippen MR) is 49.7 cm³/mol. The Morgan fingerprint density at radius 1 is 0.909 bits per heavy atom. The predicted octanol–water partition coefficient (Wildman–Crippen LogP) is 2.52. The van der Waals surface area contributed by atoms with Gasteiger partial charge in [-0.2, -0.15) is 0 Å². The van der Waals surface area contributed by atoms with Crippen molar-refractivity contribution in [3.8, 4) is 0 Å². The molecule has 1 aliphatic rings. The zero-order chi connectivity index (χ0) is 8.27. The van der Waals surface area contributed by atoms with Gasteiger partial charge in [0.15, 0.2) is 0 Å². The minimum atomic E-state index is 0.787. The van der Waals surface area contributed by atoms with Gasteiger partial charge in [-0.05, 0) is 38.8 Å². The molecule has 1 aliphatic heterocycles. The number of rotatable bonds is 2. The molecule has 1 atom stereocenters. The quantitative estimate of drug-likeness (QED) is 0.592. The van der Waals surface area contributed by atoms with Crippen molar-refractivity contribution in [3.05, 3.63) is 0 Å². The van der Waals surface area contributed by atoms with Gasteiger partial charge in [0.05, 0.1) is 0 Å². The highest BCUT2D eigenvalue weighted by Gasteiger charge is 2.18. The van der Waals surface area contributed by atoms with Gasteiger partial charge in [-0.1, -0.05) is 20.3 Å². The number of hydrogen-bond acceptors (Lipinski definition) is 1. The Kier molecular flexibility index (Phi) is 3.38. The van der Waals surface area contributed by atoms with E-state index in [-0.39, 0.29) is 0 Å². The standard InChI is InChI=1S/C10H21N/c1-9(2)10(3)11-7-5-4-6-8-11/h9-10H,4-8H2,1-3H3/t10-/m0/s1. The summed E-state index contributed by atoms with van der Waals surface area (Å²) in [5.41, 5.74) is 0. The zero-order valence-corrected chi connectivity index (χ0v) is 8.14. The molecule has 0 aromatic heterocycles. The van der Waals surface area contributed by atoms with Gasteiger partial charge in [-0.15, -0.1) is 0 Å². The average molecular weight is 155 g/mol. The van der Waals surface area contributed by atoms with Gasteiger partial charge in [0.2, 0.25) is 0 Å². The molecular weight excluding hydrogens is 134 g/mol. The lowest BCUT2D eigenvalue weighted by molar-refractivity contribution is 0.140. The number of nitrogens with zero attached hydrogens (tertiary/aromatic N) is 1. The topological polar surface area (TPSA) is 3.24 Å². The fourth-order valence-corrected chi connectivity index (χ4v) is 1.75. The largest absolute Gasteiger partial charge is 0.300 e. The van der Waals surface area contributed by atoms with E-state index in [1.54, 1.807) is 0 Å². The Morgan fingerprint density at radius 3 is 1.91 bits per heavy atom. The molecule has 0 aromatic rings. The molecule has 11 heavy (non-hydrogen) atoms. The minimum absolute atomic E-state index is 0.787. The van der Waals surface area contributed by atoms with E-state index in [9.17, 15) is 0 Å². The Morgan fingerprint density at radius 2 is 1.45 bits per heavy atom. The summed E-state index contributed by atoms with van der Waals surface area (Å²) in [5, 5.41) is 0. The molecule has 1 fully saturated rings. The molecule has 0 unspecified atom stereocenters. The van der Waals surface area contributed by atoms with Crippen molar-refractivity contribution in [2.24, 2.45) is 5.92 Å². The van der Waals surface area contributed by atoms with Crippen molar-refractivity contribution in [2.45, 2.75) is 46.1 Å². The maximum atomic E-state index is 2.63. The molecule has 0 spiro atoms. The maximum absolute atomic E-state index is 2.63.